The van der Waals surface area contributed by atoms with Crippen LogP contribution in [0.1, 0.15) is 10.5 Å². The summed E-state index contributed by atoms with van der Waals surface area (Å²) < 4.78 is 13.3. The van der Waals surface area contributed by atoms with Gasteiger partial charge in [-0.25, -0.2) is 4.39 Å². The molecular weight excluding hydrogens is 293 g/mol. The van der Waals surface area contributed by atoms with E-state index in [1.54, 1.807) is 12.1 Å². The van der Waals surface area contributed by atoms with E-state index >= 15 is 0 Å². The normalized spacial score (nSPS) is 10.8. The van der Waals surface area contributed by atoms with Gasteiger partial charge in [-0.05, 0) is 30.3 Å². The van der Waals surface area contributed by atoms with E-state index in [9.17, 15) is 9.18 Å². The first-order valence-corrected chi connectivity index (χ1v) is 6.56. The maximum atomic E-state index is 13.3. The van der Waals surface area contributed by atoms with Crippen LogP contribution in [0.15, 0.2) is 42.5 Å². The number of carbonyl (C=O) groups excluding carboxylic acids is 1. The Morgan fingerprint density at radius 1 is 1.24 bits per heavy atom. The third kappa shape index (κ3) is 2.55. The number of halogens is 2. The molecule has 0 aliphatic rings. The van der Waals surface area contributed by atoms with Crippen LogP contribution in [0.4, 0.5) is 15.8 Å². The molecule has 0 unspecified atom stereocenters. The molecule has 0 atom stereocenters. The van der Waals surface area contributed by atoms with E-state index in [-0.39, 0.29) is 10.9 Å². The van der Waals surface area contributed by atoms with Gasteiger partial charge in [0.1, 0.15) is 11.5 Å². The van der Waals surface area contributed by atoms with Crippen LogP contribution in [0.2, 0.25) is 5.02 Å². The Morgan fingerprint density at radius 3 is 2.76 bits per heavy atom. The number of rotatable bonds is 2. The van der Waals surface area contributed by atoms with Crippen molar-refractivity contribution >= 4 is 39.8 Å². The van der Waals surface area contributed by atoms with Gasteiger partial charge >= 0.3 is 0 Å². The Hall–Kier alpha value is -2.53. The highest BCUT2D eigenvalue weighted by atomic mass is 35.5. The lowest BCUT2D eigenvalue weighted by molar-refractivity contribution is 0.102. The highest BCUT2D eigenvalue weighted by molar-refractivity contribution is 6.30. The third-order valence-electron chi connectivity index (χ3n) is 3.11. The lowest BCUT2D eigenvalue weighted by Crippen LogP contribution is -2.12. The molecule has 4 N–H and O–H groups in total. The predicted octanol–water partition coefficient (Wildman–Crippen LogP) is 3.79. The van der Waals surface area contributed by atoms with Crippen LogP contribution in [-0.4, -0.2) is 10.9 Å². The molecule has 0 aliphatic heterocycles. The van der Waals surface area contributed by atoms with Crippen LogP contribution < -0.4 is 11.1 Å². The van der Waals surface area contributed by atoms with Gasteiger partial charge in [-0.2, -0.15) is 0 Å². The molecule has 1 amide bonds. The van der Waals surface area contributed by atoms with Crippen molar-refractivity contribution in [3.8, 4) is 0 Å². The fourth-order valence-electron chi connectivity index (χ4n) is 2.07. The van der Waals surface area contributed by atoms with Crippen molar-refractivity contribution in [2.75, 3.05) is 11.1 Å². The highest BCUT2D eigenvalue weighted by Gasteiger charge is 2.11. The summed E-state index contributed by atoms with van der Waals surface area (Å²) >= 11 is 5.60. The standard InChI is InChI=1S/C15H11ClFN3O/c16-10-5-4-9(7-11(10)17)19-15(21)13-6-8-2-1-3-12(18)14(8)20-13/h1-7,20H,18H2,(H,19,21). The van der Waals surface area contributed by atoms with E-state index in [2.05, 4.69) is 10.3 Å². The average Bonchev–Trinajstić information content (AvgIpc) is 2.89. The molecule has 0 saturated heterocycles. The fraction of sp³-hybridized carbons (Fsp3) is 0. The molecule has 1 heterocycles. The summed E-state index contributed by atoms with van der Waals surface area (Å²) in [6, 6.07) is 11.2. The summed E-state index contributed by atoms with van der Waals surface area (Å²) in [5.41, 5.74) is 7.76. The first-order chi connectivity index (χ1) is 10.0. The largest absolute Gasteiger partial charge is 0.397 e. The molecule has 0 bridgehead atoms. The number of aromatic nitrogens is 1. The third-order valence-corrected chi connectivity index (χ3v) is 3.42. The summed E-state index contributed by atoms with van der Waals surface area (Å²) in [5, 5.41) is 3.44. The Labute approximate surface area is 124 Å². The number of hydrogen-bond acceptors (Lipinski definition) is 2. The molecule has 1 aromatic heterocycles. The molecule has 3 aromatic rings. The number of amides is 1. The Morgan fingerprint density at radius 2 is 2.05 bits per heavy atom. The molecule has 4 nitrogen and oxygen atoms in total. The molecule has 6 heteroatoms. The van der Waals surface area contributed by atoms with E-state index in [0.717, 1.165) is 11.5 Å². The van der Waals surface area contributed by atoms with Gasteiger partial charge in [-0.15, -0.1) is 0 Å². The summed E-state index contributed by atoms with van der Waals surface area (Å²) in [4.78, 5) is 15.1. The monoisotopic (exact) mass is 303 g/mol. The molecule has 0 spiro atoms. The van der Waals surface area contributed by atoms with E-state index in [0.29, 0.717) is 22.6 Å². The zero-order valence-corrected chi connectivity index (χ0v) is 11.5. The topological polar surface area (TPSA) is 70.9 Å². The minimum Gasteiger partial charge on any atom is -0.397 e. The van der Waals surface area contributed by atoms with Crippen LogP contribution in [-0.2, 0) is 0 Å². The van der Waals surface area contributed by atoms with Crippen LogP contribution in [0.3, 0.4) is 0 Å². The zero-order valence-electron chi connectivity index (χ0n) is 10.8. The maximum absolute atomic E-state index is 13.3. The molecule has 106 valence electrons. The Kier molecular flexibility index (Phi) is 3.27. The van der Waals surface area contributed by atoms with Crippen LogP contribution in [0.25, 0.3) is 10.9 Å². The van der Waals surface area contributed by atoms with Gasteiger partial charge in [-0.1, -0.05) is 23.7 Å². The number of H-pyrrole nitrogens is 1. The number of hydrogen-bond donors (Lipinski definition) is 3. The van der Waals surface area contributed by atoms with Gasteiger partial charge in [-0.3, -0.25) is 4.79 Å². The minimum absolute atomic E-state index is 0.00591. The first kappa shape index (κ1) is 13.5. The van der Waals surface area contributed by atoms with Crippen molar-refractivity contribution in [1.29, 1.82) is 0 Å². The van der Waals surface area contributed by atoms with Crippen LogP contribution >= 0.6 is 11.6 Å². The summed E-state index contributed by atoms with van der Waals surface area (Å²) in [7, 11) is 0. The van der Waals surface area contributed by atoms with Crippen LogP contribution in [0.5, 0.6) is 0 Å². The molecule has 0 radical (unpaired) electrons. The number of benzene rings is 2. The molecule has 0 aliphatic carbocycles. The summed E-state index contributed by atoms with van der Waals surface area (Å²) in [6.07, 6.45) is 0. The molecule has 21 heavy (non-hydrogen) atoms. The second kappa shape index (κ2) is 5.10. The van der Waals surface area contributed by atoms with Crippen molar-refractivity contribution in [1.82, 2.24) is 4.98 Å². The lowest BCUT2D eigenvalue weighted by Gasteiger charge is -2.04. The van der Waals surface area contributed by atoms with Gasteiger partial charge in [0.15, 0.2) is 0 Å². The van der Waals surface area contributed by atoms with Crippen molar-refractivity contribution in [3.63, 3.8) is 0 Å². The summed E-state index contributed by atoms with van der Waals surface area (Å²) in [5.74, 6) is -0.970. The number of fused-ring (bicyclic) bond motifs is 1. The number of nitrogens with one attached hydrogen (secondary N) is 2. The smallest absolute Gasteiger partial charge is 0.272 e. The quantitative estimate of drug-likeness (QED) is 0.630. The highest BCUT2D eigenvalue weighted by Crippen LogP contribution is 2.23. The number of anilines is 2. The van der Waals surface area contributed by atoms with E-state index in [4.69, 9.17) is 17.3 Å². The number of nitrogens with two attached hydrogens (primary N) is 1. The predicted molar refractivity (Wildman–Crippen MR) is 82.1 cm³/mol. The minimum atomic E-state index is -0.588. The lowest BCUT2D eigenvalue weighted by atomic mass is 10.2. The summed E-state index contributed by atoms with van der Waals surface area (Å²) in [6.45, 7) is 0. The molecule has 2 aromatic carbocycles. The first-order valence-electron chi connectivity index (χ1n) is 6.18. The van der Waals surface area contributed by atoms with Gasteiger partial charge in [0.05, 0.1) is 16.2 Å². The van der Waals surface area contributed by atoms with Crippen molar-refractivity contribution in [2.45, 2.75) is 0 Å². The number of nitrogen functional groups attached to an aromatic ring is 1. The SMILES string of the molecule is Nc1cccc2cc(C(=O)Nc3ccc(Cl)c(F)c3)[nH]c12. The van der Waals surface area contributed by atoms with Crippen molar-refractivity contribution in [2.24, 2.45) is 0 Å². The second-order valence-electron chi connectivity index (χ2n) is 4.58. The van der Waals surface area contributed by atoms with Gasteiger partial charge in [0.2, 0.25) is 0 Å². The van der Waals surface area contributed by atoms with E-state index < -0.39 is 5.82 Å². The Balaban J connectivity index is 1.90. The number of carbonyl (C=O) groups is 1. The van der Waals surface area contributed by atoms with Crippen LogP contribution in [0, 0.1) is 5.82 Å². The van der Waals surface area contributed by atoms with Gasteiger partial charge < -0.3 is 16.0 Å². The molecule has 0 saturated carbocycles. The molecular formula is C15H11ClFN3O. The fourth-order valence-corrected chi connectivity index (χ4v) is 2.19. The van der Waals surface area contributed by atoms with Gasteiger partial charge in [0, 0.05) is 11.1 Å². The van der Waals surface area contributed by atoms with Crippen molar-refractivity contribution < 1.29 is 9.18 Å². The Bertz CT molecular complexity index is 844. The zero-order chi connectivity index (χ0) is 15.0. The van der Waals surface area contributed by atoms with E-state index in [1.165, 1.54) is 12.1 Å². The molecule has 3 rings (SSSR count). The maximum Gasteiger partial charge on any atom is 0.272 e. The number of para-hydroxylation sites is 1. The average molecular weight is 304 g/mol. The molecule has 0 fully saturated rings. The van der Waals surface area contributed by atoms with E-state index in [1.807, 2.05) is 12.1 Å². The van der Waals surface area contributed by atoms with Crippen molar-refractivity contribution in [3.05, 3.63) is 59.0 Å². The second-order valence-corrected chi connectivity index (χ2v) is 4.98. The number of aromatic amines is 1. The van der Waals surface area contributed by atoms with Gasteiger partial charge in [0.25, 0.3) is 5.91 Å².